The van der Waals surface area contributed by atoms with Crippen LogP contribution >= 0.6 is 22.9 Å². The van der Waals surface area contributed by atoms with Gasteiger partial charge in [-0.1, -0.05) is 32.4 Å². The molecule has 1 aliphatic heterocycles. The van der Waals surface area contributed by atoms with Gasteiger partial charge >= 0.3 is 0 Å². The number of hydrogen-bond acceptors (Lipinski definition) is 9. The zero-order valence-electron chi connectivity index (χ0n) is 23.1. The minimum absolute atomic E-state index is 0.163. The van der Waals surface area contributed by atoms with Crippen molar-refractivity contribution in [2.45, 2.75) is 45.4 Å². The van der Waals surface area contributed by atoms with E-state index in [1.165, 1.54) is 16.2 Å². The van der Waals surface area contributed by atoms with Gasteiger partial charge in [0.25, 0.3) is 0 Å². The first kappa shape index (κ1) is 28.6. The maximum atomic E-state index is 14.0. The van der Waals surface area contributed by atoms with Gasteiger partial charge in [0.15, 0.2) is 5.13 Å². The molecular weight excluding hydrogens is 564 g/mol. The summed E-state index contributed by atoms with van der Waals surface area (Å²) in [5.74, 6) is 0.0592. The number of aromatic nitrogens is 3. The van der Waals surface area contributed by atoms with Crippen LogP contribution in [-0.2, 0) is 9.59 Å². The summed E-state index contributed by atoms with van der Waals surface area (Å²) >= 11 is 7.66. The van der Waals surface area contributed by atoms with E-state index in [9.17, 15) is 9.59 Å². The van der Waals surface area contributed by atoms with E-state index >= 15 is 0 Å². The first-order valence-corrected chi connectivity index (χ1v) is 14.3. The van der Waals surface area contributed by atoms with E-state index in [4.69, 9.17) is 26.8 Å². The van der Waals surface area contributed by atoms with Crippen molar-refractivity contribution in [1.82, 2.24) is 19.9 Å². The summed E-state index contributed by atoms with van der Waals surface area (Å²) < 4.78 is 11.7. The Balaban J connectivity index is 1.39. The maximum Gasteiger partial charge on any atom is 0.246 e. The average molecular weight is 595 g/mol. The van der Waals surface area contributed by atoms with Gasteiger partial charge in [-0.2, -0.15) is 0 Å². The van der Waals surface area contributed by atoms with Crippen LogP contribution in [0.4, 0.5) is 5.13 Å². The second-order valence-corrected chi connectivity index (χ2v) is 12.2. The number of methoxy groups -OCH3 is 1. The molecule has 0 unspecified atom stereocenters. The number of hydrogen-bond donors (Lipinski definition) is 2. The highest BCUT2D eigenvalue weighted by Crippen LogP contribution is 2.36. The van der Waals surface area contributed by atoms with E-state index in [1.54, 1.807) is 37.8 Å². The molecule has 214 valence electrons. The van der Waals surface area contributed by atoms with Crippen LogP contribution in [0.3, 0.4) is 0 Å². The van der Waals surface area contributed by atoms with Crippen molar-refractivity contribution in [2.75, 3.05) is 19.0 Å². The molecule has 0 aliphatic carbocycles. The van der Waals surface area contributed by atoms with E-state index in [1.807, 2.05) is 44.4 Å². The van der Waals surface area contributed by atoms with Crippen molar-refractivity contribution >= 4 is 50.7 Å². The Morgan fingerprint density at radius 1 is 1.20 bits per heavy atom. The minimum Gasteiger partial charge on any atom is -0.494 e. The summed E-state index contributed by atoms with van der Waals surface area (Å²) in [6.45, 7) is 6.04. The van der Waals surface area contributed by atoms with E-state index < -0.39 is 29.5 Å². The molecule has 0 bridgehead atoms. The number of pyridine rings is 2. The third-order valence-corrected chi connectivity index (χ3v) is 8.02. The molecule has 41 heavy (non-hydrogen) atoms. The van der Waals surface area contributed by atoms with Crippen LogP contribution in [0.15, 0.2) is 54.3 Å². The van der Waals surface area contributed by atoms with Crippen molar-refractivity contribution < 1.29 is 19.1 Å². The molecule has 10 nitrogen and oxygen atoms in total. The van der Waals surface area contributed by atoms with Crippen molar-refractivity contribution in [3.63, 3.8) is 0 Å². The summed E-state index contributed by atoms with van der Waals surface area (Å²) in [6, 6.07) is 7.58. The van der Waals surface area contributed by atoms with Crippen LogP contribution in [0.25, 0.3) is 22.0 Å². The number of benzene rings is 1. The van der Waals surface area contributed by atoms with Gasteiger partial charge in [-0.25, -0.2) is 9.97 Å². The van der Waals surface area contributed by atoms with Crippen molar-refractivity contribution in [3.8, 4) is 22.9 Å². The molecule has 1 fully saturated rings. The van der Waals surface area contributed by atoms with Gasteiger partial charge in [0.2, 0.25) is 17.7 Å². The molecule has 4 heterocycles. The molecule has 1 aliphatic rings. The van der Waals surface area contributed by atoms with Crippen molar-refractivity contribution in [2.24, 2.45) is 11.1 Å². The van der Waals surface area contributed by atoms with Crippen LogP contribution in [-0.4, -0.2) is 63.5 Å². The number of carbonyl (C=O) groups excluding carboxylic acids is 2. The lowest BCUT2D eigenvalue weighted by atomic mass is 9.85. The normalized spacial score (nSPS) is 17.8. The number of likely N-dealkylation sites (tertiary alicyclic amines) is 1. The number of ether oxygens (including phenoxy) is 2. The fourth-order valence-corrected chi connectivity index (χ4v) is 5.83. The van der Waals surface area contributed by atoms with Gasteiger partial charge in [0.05, 0.1) is 25.5 Å². The van der Waals surface area contributed by atoms with Gasteiger partial charge in [0.1, 0.15) is 23.9 Å². The third-order valence-electron chi connectivity index (χ3n) is 7.01. The Kier molecular flexibility index (Phi) is 8.01. The first-order valence-electron chi connectivity index (χ1n) is 13.1. The topological polar surface area (TPSA) is 133 Å². The number of amides is 2. The van der Waals surface area contributed by atoms with Gasteiger partial charge in [-0.05, 0) is 35.7 Å². The highest BCUT2D eigenvalue weighted by Gasteiger charge is 2.45. The molecule has 2 amide bonds. The highest BCUT2D eigenvalue weighted by atomic mass is 35.5. The second-order valence-electron chi connectivity index (χ2n) is 10.9. The molecule has 3 aromatic heterocycles. The van der Waals surface area contributed by atoms with Crippen LogP contribution in [0.1, 0.15) is 27.2 Å². The first-order chi connectivity index (χ1) is 19.5. The number of nitrogens with zero attached hydrogens (tertiary/aromatic N) is 4. The second kappa shape index (κ2) is 11.5. The quantitative estimate of drug-likeness (QED) is 0.298. The van der Waals surface area contributed by atoms with E-state index in [2.05, 4.69) is 20.3 Å². The lowest BCUT2D eigenvalue weighted by Gasteiger charge is -2.34. The zero-order valence-corrected chi connectivity index (χ0v) is 24.7. The van der Waals surface area contributed by atoms with Gasteiger partial charge in [-0.3, -0.25) is 14.6 Å². The molecule has 4 aromatic rings. The maximum absolute atomic E-state index is 14.0. The van der Waals surface area contributed by atoms with Crippen LogP contribution in [0, 0.1) is 5.41 Å². The lowest BCUT2D eigenvalue weighted by molar-refractivity contribution is -0.139. The number of thiazole rings is 1. The molecule has 12 heteroatoms. The Hall–Kier alpha value is -3.96. The largest absolute Gasteiger partial charge is 0.494 e. The Bertz CT molecular complexity index is 1570. The minimum atomic E-state index is -0.837. The summed E-state index contributed by atoms with van der Waals surface area (Å²) in [5.41, 5.74) is 6.99. The average Bonchev–Trinajstić information content (AvgIpc) is 3.59. The molecule has 5 rings (SSSR count). The molecule has 1 saturated heterocycles. The molecule has 1 aromatic carbocycles. The molecular formula is C29H31ClN6O4S. The number of rotatable bonds is 8. The molecule has 3 atom stereocenters. The zero-order chi connectivity index (χ0) is 29.3. The number of halogens is 1. The van der Waals surface area contributed by atoms with Gasteiger partial charge in [0, 0.05) is 45.6 Å². The number of anilines is 1. The van der Waals surface area contributed by atoms with Crippen LogP contribution in [0.5, 0.6) is 11.6 Å². The van der Waals surface area contributed by atoms with E-state index in [0.29, 0.717) is 27.2 Å². The predicted molar refractivity (Wildman–Crippen MR) is 159 cm³/mol. The van der Waals surface area contributed by atoms with Crippen molar-refractivity contribution in [3.05, 3.63) is 59.3 Å². The number of primary amides is 1. The number of fused-ring (bicyclic) bond motifs is 1. The van der Waals surface area contributed by atoms with E-state index in [0.717, 1.165) is 16.6 Å². The number of nitrogens with one attached hydrogen (secondary N) is 1. The van der Waals surface area contributed by atoms with Crippen LogP contribution in [0.2, 0.25) is 5.02 Å². The molecule has 0 spiro atoms. The Morgan fingerprint density at radius 3 is 2.63 bits per heavy atom. The SMILES string of the molecule is COc1cnc(O[C@@H]2C[C@@H](C(N)=O)N(C(=O)[C@@H](Nc3nc(-c4ccncc4)cs3)C(C)(C)C)C2)c2cc(Cl)ccc12. The third kappa shape index (κ3) is 6.06. The van der Waals surface area contributed by atoms with Crippen LogP contribution < -0.4 is 20.5 Å². The Morgan fingerprint density at radius 2 is 1.95 bits per heavy atom. The van der Waals surface area contributed by atoms with Gasteiger partial charge < -0.3 is 25.4 Å². The lowest BCUT2D eigenvalue weighted by Crippen LogP contribution is -2.53. The Labute approximate surface area is 246 Å². The fourth-order valence-electron chi connectivity index (χ4n) is 4.91. The monoisotopic (exact) mass is 594 g/mol. The molecule has 0 radical (unpaired) electrons. The summed E-state index contributed by atoms with van der Waals surface area (Å²) in [7, 11) is 1.56. The molecule has 0 saturated carbocycles. The highest BCUT2D eigenvalue weighted by molar-refractivity contribution is 7.14. The molecule has 3 N–H and O–H groups in total. The summed E-state index contributed by atoms with van der Waals surface area (Å²) in [4.78, 5) is 41.2. The standard InChI is InChI=1S/C29H31ClN6O4S/c1-29(2,3)24(35-28-34-21(15-41-28)16-7-9-32-10-8-16)27(38)36-14-18(12-22(36)25(31)37)40-26-20-11-17(30)5-6-19(20)23(39-4)13-33-26/h5-11,13,15,18,22,24H,12,14H2,1-4H3,(H2,31,37)(H,34,35)/t18-,22+,24-/m1/s1. The van der Waals surface area contributed by atoms with Crippen molar-refractivity contribution in [1.29, 1.82) is 0 Å². The number of nitrogens with two attached hydrogens (primary N) is 1. The van der Waals surface area contributed by atoms with E-state index in [-0.39, 0.29) is 18.9 Å². The fraction of sp³-hybridized carbons (Fsp3) is 0.345. The van der Waals surface area contributed by atoms with Gasteiger partial charge in [-0.15, -0.1) is 11.3 Å². The summed E-state index contributed by atoms with van der Waals surface area (Å²) in [5, 5.41) is 7.81. The summed E-state index contributed by atoms with van der Waals surface area (Å²) in [6.07, 6.45) is 4.70. The smallest absolute Gasteiger partial charge is 0.246 e. The predicted octanol–water partition coefficient (Wildman–Crippen LogP) is 4.78. The number of carbonyl (C=O) groups is 2.